The van der Waals surface area contributed by atoms with Crippen LogP contribution in [0.15, 0.2) is 30.5 Å². The van der Waals surface area contributed by atoms with Gasteiger partial charge in [0.15, 0.2) is 0 Å². The van der Waals surface area contributed by atoms with E-state index < -0.39 is 17.6 Å². The van der Waals surface area contributed by atoms with E-state index in [9.17, 15) is 18.0 Å². The third-order valence-corrected chi connectivity index (χ3v) is 2.70. The van der Waals surface area contributed by atoms with Crippen molar-refractivity contribution in [2.75, 3.05) is 11.1 Å². The minimum absolute atomic E-state index is 0.160. The lowest BCUT2D eigenvalue weighted by atomic mass is 10.2. The van der Waals surface area contributed by atoms with E-state index in [-0.39, 0.29) is 17.1 Å². The molecule has 0 saturated carbocycles. The molecule has 0 atom stereocenters. The van der Waals surface area contributed by atoms with Crippen molar-refractivity contribution in [3.05, 3.63) is 41.6 Å². The number of alkyl halides is 3. The van der Waals surface area contributed by atoms with Gasteiger partial charge in [-0.15, -0.1) is 0 Å². The molecule has 5 nitrogen and oxygen atoms in total. The maximum absolute atomic E-state index is 12.4. The summed E-state index contributed by atoms with van der Waals surface area (Å²) in [6, 6.07) is 4.13. The quantitative estimate of drug-likeness (QED) is 0.888. The summed E-state index contributed by atoms with van der Waals surface area (Å²) in [5, 5.41) is 6.26. The van der Waals surface area contributed by atoms with Crippen molar-refractivity contribution in [1.29, 1.82) is 0 Å². The lowest BCUT2D eigenvalue weighted by Crippen LogP contribution is -2.14. The van der Waals surface area contributed by atoms with Crippen molar-refractivity contribution in [1.82, 2.24) is 9.78 Å². The Bertz CT molecular complexity index is 631. The molecule has 1 aromatic heterocycles. The molecule has 0 aliphatic rings. The predicted octanol–water partition coefficient (Wildman–Crippen LogP) is 2.27. The molecule has 0 radical (unpaired) electrons. The second-order valence-electron chi connectivity index (χ2n) is 4.10. The molecule has 2 rings (SSSR count). The van der Waals surface area contributed by atoms with Crippen LogP contribution in [0.4, 0.5) is 24.7 Å². The third-order valence-electron chi connectivity index (χ3n) is 2.70. The summed E-state index contributed by atoms with van der Waals surface area (Å²) in [5.41, 5.74) is 5.25. The molecular weight excluding hydrogens is 273 g/mol. The van der Waals surface area contributed by atoms with Gasteiger partial charge in [-0.3, -0.25) is 9.48 Å². The fourth-order valence-electron chi connectivity index (χ4n) is 1.56. The number of aryl methyl sites for hydroxylation is 1. The highest BCUT2D eigenvalue weighted by atomic mass is 19.4. The van der Waals surface area contributed by atoms with Crippen LogP contribution in [0.1, 0.15) is 15.9 Å². The van der Waals surface area contributed by atoms with Crippen LogP contribution in [0.3, 0.4) is 0 Å². The largest absolute Gasteiger partial charge is 0.416 e. The summed E-state index contributed by atoms with van der Waals surface area (Å²) in [5.74, 6) is -0.357. The van der Waals surface area contributed by atoms with Crippen molar-refractivity contribution >= 4 is 17.4 Å². The first-order valence-corrected chi connectivity index (χ1v) is 5.55. The molecule has 1 heterocycles. The summed E-state index contributed by atoms with van der Waals surface area (Å²) in [4.78, 5) is 11.9. The van der Waals surface area contributed by atoms with Crippen LogP contribution >= 0.6 is 0 Å². The Labute approximate surface area is 112 Å². The Balaban J connectivity index is 2.15. The van der Waals surface area contributed by atoms with Gasteiger partial charge in [-0.2, -0.15) is 18.3 Å². The van der Waals surface area contributed by atoms with Gasteiger partial charge in [-0.1, -0.05) is 0 Å². The average Bonchev–Trinajstić information content (AvgIpc) is 2.69. The van der Waals surface area contributed by atoms with E-state index in [0.717, 1.165) is 12.1 Å². The molecule has 106 valence electrons. The first-order valence-electron chi connectivity index (χ1n) is 5.55. The summed E-state index contributed by atoms with van der Waals surface area (Å²) in [6.07, 6.45) is -3.12. The molecule has 0 spiro atoms. The van der Waals surface area contributed by atoms with E-state index in [1.54, 1.807) is 7.05 Å². The zero-order chi connectivity index (χ0) is 14.9. The minimum atomic E-state index is -4.41. The Kier molecular flexibility index (Phi) is 3.39. The van der Waals surface area contributed by atoms with E-state index in [4.69, 9.17) is 5.73 Å². The molecule has 0 bridgehead atoms. The molecule has 1 amide bonds. The fourth-order valence-corrected chi connectivity index (χ4v) is 1.56. The van der Waals surface area contributed by atoms with Gasteiger partial charge < -0.3 is 11.1 Å². The maximum atomic E-state index is 12.4. The number of nitrogen functional groups attached to an aromatic ring is 1. The molecule has 1 aromatic carbocycles. The Morgan fingerprint density at radius 2 is 1.90 bits per heavy atom. The first kappa shape index (κ1) is 13.9. The van der Waals surface area contributed by atoms with Crippen LogP contribution in [0.2, 0.25) is 0 Å². The Morgan fingerprint density at radius 3 is 2.35 bits per heavy atom. The zero-order valence-corrected chi connectivity index (χ0v) is 10.4. The second kappa shape index (κ2) is 4.87. The number of aromatic nitrogens is 2. The van der Waals surface area contributed by atoms with Crippen molar-refractivity contribution < 1.29 is 18.0 Å². The smallest absolute Gasteiger partial charge is 0.383 e. The number of amides is 1. The van der Waals surface area contributed by atoms with Crippen LogP contribution in [-0.4, -0.2) is 15.7 Å². The minimum Gasteiger partial charge on any atom is -0.383 e. The van der Waals surface area contributed by atoms with E-state index >= 15 is 0 Å². The topological polar surface area (TPSA) is 72.9 Å². The number of nitrogens with one attached hydrogen (secondary N) is 1. The van der Waals surface area contributed by atoms with E-state index in [2.05, 4.69) is 10.4 Å². The van der Waals surface area contributed by atoms with Crippen molar-refractivity contribution in [2.24, 2.45) is 7.05 Å². The number of rotatable bonds is 2. The van der Waals surface area contributed by atoms with Crippen molar-refractivity contribution in [3.63, 3.8) is 0 Å². The van der Waals surface area contributed by atoms with Gasteiger partial charge in [-0.05, 0) is 24.3 Å². The second-order valence-corrected chi connectivity index (χ2v) is 4.10. The van der Waals surface area contributed by atoms with Gasteiger partial charge in [0.1, 0.15) is 11.4 Å². The third kappa shape index (κ3) is 2.73. The Hall–Kier alpha value is -2.51. The number of carbonyl (C=O) groups is 1. The zero-order valence-electron chi connectivity index (χ0n) is 10.4. The van der Waals surface area contributed by atoms with E-state index in [1.165, 1.54) is 23.0 Å². The highest BCUT2D eigenvalue weighted by Crippen LogP contribution is 2.29. The van der Waals surface area contributed by atoms with Gasteiger partial charge in [0.2, 0.25) is 0 Å². The highest BCUT2D eigenvalue weighted by Gasteiger charge is 2.30. The molecule has 2 aromatic rings. The van der Waals surface area contributed by atoms with Gasteiger partial charge in [-0.25, -0.2) is 0 Å². The number of hydrogen-bond donors (Lipinski definition) is 2. The van der Waals surface area contributed by atoms with Crippen LogP contribution in [0.25, 0.3) is 0 Å². The molecular formula is C12H11F3N4O. The molecule has 0 fully saturated rings. The number of anilines is 2. The van der Waals surface area contributed by atoms with Crippen LogP contribution in [-0.2, 0) is 13.2 Å². The number of nitrogens with zero attached hydrogens (tertiary/aromatic N) is 2. The highest BCUT2D eigenvalue weighted by molar-refractivity contribution is 6.07. The van der Waals surface area contributed by atoms with E-state index in [1.807, 2.05) is 0 Å². The molecule has 0 aliphatic carbocycles. The van der Waals surface area contributed by atoms with Crippen molar-refractivity contribution in [2.45, 2.75) is 6.18 Å². The van der Waals surface area contributed by atoms with E-state index in [0.29, 0.717) is 0 Å². The van der Waals surface area contributed by atoms with Gasteiger partial charge in [0, 0.05) is 12.7 Å². The number of benzene rings is 1. The monoisotopic (exact) mass is 284 g/mol. The van der Waals surface area contributed by atoms with Crippen molar-refractivity contribution in [3.8, 4) is 0 Å². The lowest BCUT2D eigenvalue weighted by Gasteiger charge is -2.08. The average molecular weight is 284 g/mol. The normalized spacial score (nSPS) is 11.4. The van der Waals surface area contributed by atoms with Gasteiger partial charge in [0.25, 0.3) is 5.91 Å². The summed E-state index contributed by atoms with van der Waals surface area (Å²) in [7, 11) is 1.57. The fraction of sp³-hybridized carbons (Fsp3) is 0.167. The number of carbonyl (C=O) groups excluding carboxylic acids is 1. The number of hydrogen-bond acceptors (Lipinski definition) is 3. The number of nitrogens with two attached hydrogens (primary N) is 1. The lowest BCUT2D eigenvalue weighted by molar-refractivity contribution is -0.137. The molecule has 20 heavy (non-hydrogen) atoms. The van der Waals surface area contributed by atoms with Crippen LogP contribution in [0.5, 0.6) is 0 Å². The molecule has 8 heteroatoms. The first-order chi connectivity index (χ1) is 9.29. The molecule has 0 saturated heterocycles. The SMILES string of the molecule is Cn1ncc(C(=O)Nc2ccc(C(F)(F)F)cc2)c1N. The Morgan fingerprint density at radius 1 is 1.30 bits per heavy atom. The molecule has 0 aliphatic heterocycles. The maximum Gasteiger partial charge on any atom is 0.416 e. The van der Waals surface area contributed by atoms with Gasteiger partial charge >= 0.3 is 6.18 Å². The standard InChI is InChI=1S/C12H11F3N4O/c1-19-10(16)9(6-17-19)11(20)18-8-4-2-7(3-5-8)12(13,14)15/h2-6H,16H2,1H3,(H,18,20). The molecule has 0 unspecified atom stereocenters. The van der Waals surface area contributed by atoms with Crippen LogP contribution in [0, 0.1) is 0 Å². The van der Waals surface area contributed by atoms with Gasteiger partial charge in [0.05, 0.1) is 11.8 Å². The summed E-state index contributed by atoms with van der Waals surface area (Å²) >= 11 is 0. The molecule has 3 N–H and O–H groups in total. The predicted molar refractivity (Wildman–Crippen MR) is 67.0 cm³/mol. The summed E-state index contributed by atoms with van der Waals surface area (Å²) < 4.78 is 38.5. The van der Waals surface area contributed by atoms with Crippen LogP contribution < -0.4 is 11.1 Å². The summed E-state index contributed by atoms with van der Waals surface area (Å²) in [6.45, 7) is 0. The number of halogens is 3.